The first-order valence-electron chi connectivity index (χ1n) is 9.15. The summed E-state index contributed by atoms with van der Waals surface area (Å²) in [5.74, 6) is 1.44. The maximum absolute atomic E-state index is 11.9. The van der Waals surface area contributed by atoms with Crippen molar-refractivity contribution >= 4 is 11.7 Å². The Morgan fingerprint density at radius 1 is 1.16 bits per heavy atom. The van der Waals surface area contributed by atoms with Gasteiger partial charge < -0.3 is 10.2 Å². The zero-order valence-corrected chi connectivity index (χ0v) is 14.8. The third-order valence-corrected chi connectivity index (χ3v) is 4.71. The van der Waals surface area contributed by atoms with Gasteiger partial charge >= 0.3 is 0 Å². The zero-order valence-electron chi connectivity index (χ0n) is 14.8. The number of amides is 1. The van der Waals surface area contributed by atoms with Gasteiger partial charge in [0.15, 0.2) is 0 Å². The highest BCUT2D eigenvalue weighted by Crippen LogP contribution is 2.24. The molecular formula is C20H26N4O. The molecule has 1 N–H and O–H groups in total. The highest BCUT2D eigenvalue weighted by atomic mass is 16.1. The molecule has 2 aromatic rings. The summed E-state index contributed by atoms with van der Waals surface area (Å²) in [6.07, 6.45) is 7.69. The first kappa shape index (κ1) is 17.4. The molecule has 0 saturated carbocycles. The van der Waals surface area contributed by atoms with Crippen molar-refractivity contribution in [1.82, 2.24) is 15.3 Å². The molecule has 1 amide bonds. The molecule has 0 radical (unpaired) electrons. The number of aromatic nitrogens is 2. The number of carbonyl (C=O) groups excluding carboxylic acids is 1. The van der Waals surface area contributed by atoms with E-state index in [0.717, 1.165) is 50.5 Å². The number of hydrogen-bond acceptors (Lipinski definition) is 4. The molecule has 1 aromatic heterocycles. The summed E-state index contributed by atoms with van der Waals surface area (Å²) in [7, 11) is 0. The molecule has 1 aliphatic heterocycles. The molecule has 5 heteroatoms. The van der Waals surface area contributed by atoms with Crippen LogP contribution in [-0.2, 0) is 6.42 Å². The van der Waals surface area contributed by atoms with Crippen molar-refractivity contribution in [2.45, 2.75) is 32.6 Å². The summed E-state index contributed by atoms with van der Waals surface area (Å²) < 4.78 is 0. The minimum absolute atomic E-state index is 0.150. The zero-order chi connectivity index (χ0) is 17.5. The average Bonchev–Trinajstić information content (AvgIpc) is 2.68. The van der Waals surface area contributed by atoms with Crippen LogP contribution in [0.3, 0.4) is 0 Å². The lowest BCUT2D eigenvalue weighted by atomic mass is 9.90. The van der Waals surface area contributed by atoms with Gasteiger partial charge in [-0.25, -0.2) is 9.97 Å². The Morgan fingerprint density at radius 2 is 1.92 bits per heavy atom. The van der Waals surface area contributed by atoms with Gasteiger partial charge in [0.25, 0.3) is 5.91 Å². The normalized spacial score (nSPS) is 15.2. The van der Waals surface area contributed by atoms with E-state index in [1.807, 2.05) is 6.92 Å². The second-order valence-electron chi connectivity index (χ2n) is 6.64. The van der Waals surface area contributed by atoms with Gasteiger partial charge in [0, 0.05) is 19.6 Å². The minimum atomic E-state index is -0.150. The van der Waals surface area contributed by atoms with E-state index in [1.165, 1.54) is 5.56 Å². The van der Waals surface area contributed by atoms with E-state index in [0.29, 0.717) is 12.2 Å². The molecular weight excluding hydrogens is 312 g/mol. The second-order valence-corrected chi connectivity index (χ2v) is 6.64. The van der Waals surface area contributed by atoms with E-state index in [2.05, 4.69) is 50.5 Å². The van der Waals surface area contributed by atoms with Gasteiger partial charge in [-0.1, -0.05) is 37.3 Å². The maximum Gasteiger partial charge on any atom is 0.271 e. The van der Waals surface area contributed by atoms with Crippen molar-refractivity contribution in [2.24, 2.45) is 5.92 Å². The van der Waals surface area contributed by atoms with Crippen molar-refractivity contribution in [1.29, 1.82) is 0 Å². The topological polar surface area (TPSA) is 58.1 Å². The van der Waals surface area contributed by atoms with E-state index in [9.17, 15) is 4.79 Å². The molecule has 1 aliphatic rings. The van der Waals surface area contributed by atoms with Gasteiger partial charge in [-0.3, -0.25) is 4.79 Å². The van der Waals surface area contributed by atoms with E-state index in [1.54, 1.807) is 12.4 Å². The molecule has 1 aromatic carbocycles. The summed E-state index contributed by atoms with van der Waals surface area (Å²) in [6, 6.07) is 10.7. The molecule has 1 saturated heterocycles. The fourth-order valence-corrected chi connectivity index (χ4v) is 3.24. The fraction of sp³-hybridized carbons (Fsp3) is 0.450. The van der Waals surface area contributed by atoms with Crippen molar-refractivity contribution in [3.8, 4) is 0 Å². The SMILES string of the molecule is CCCNC(=O)c1cnc(N2CCC(Cc3ccccc3)CC2)cn1. The fourth-order valence-electron chi connectivity index (χ4n) is 3.24. The van der Waals surface area contributed by atoms with Crippen LogP contribution in [-0.4, -0.2) is 35.5 Å². The van der Waals surface area contributed by atoms with Crippen LogP contribution in [0.25, 0.3) is 0 Å². The number of hydrogen-bond donors (Lipinski definition) is 1. The molecule has 0 atom stereocenters. The number of rotatable bonds is 6. The summed E-state index contributed by atoms with van der Waals surface area (Å²) >= 11 is 0. The van der Waals surface area contributed by atoms with Crippen LogP contribution in [0.15, 0.2) is 42.7 Å². The second kappa shape index (κ2) is 8.60. The monoisotopic (exact) mass is 338 g/mol. The van der Waals surface area contributed by atoms with E-state index in [4.69, 9.17) is 0 Å². The van der Waals surface area contributed by atoms with Crippen molar-refractivity contribution < 1.29 is 4.79 Å². The molecule has 132 valence electrons. The Morgan fingerprint density at radius 3 is 2.56 bits per heavy atom. The summed E-state index contributed by atoms with van der Waals surface area (Å²) in [5, 5.41) is 2.82. The largest absolute Gasteiger partial charge is 0.355 e. The minimum Gasteiger partial charge on any atom is -0.355 e. The van der Waals surface area contributed by atoms with Crippen LogP contribution >= 0.6 is 0 Å². The van der Waals surface area contributed by atoms with Gasteiger partial charge in [0.05, 0.1) is 12.4 Å². The van der Waals surface area contributed by atoms with Gasteiger partial charge in [-0.05, 0) is 37.2 Å². The number of anilines is 1. The summed E-state index contributed by atoms with van der Waals surface area (Å²) in [4.78, 5) is 22.9. The third-order valence-electron chi connectivity index (χ3n) is 4.71. The smallest absolute Gasteiger partial charge is 0.271 e. The van der Waals surface area contributed by atoms with Crippen LogP contribution in [0.5, 0.6) is 0 Å². The molecule has 25 heavy (non-hydrogen) atoms. The highest BCUT2D eigenvalue weighted by molar-refractivity contribution is 5.91. The van der Waals surface area contributed by atoms with Crippen LogP contribution in [0.2, 0.25) is 0 Å². The van der Waals surface area contributed by atoms with Crippen molar-refractivity contribution in [2.75, 3.05) is 24.5 Å². The number of piperidine rings is 1. The van der Waals surface area contributed by atoms with Gasteiger partial charge in [0.1, 0.15) is 11.5 Å². The molecule has 0 spiro atoms. The standard InChI is InChI=1S/C20H26N4O/c1-2-10-21-20(25)18-14-23-19(15-22-18)24-11-8-17(9-12-24)13-16-6-4-3-5-7-16/h3-7,14-15,17H,2,8-13H2,1H3,(H,21,25). The molecule has 3 rings (SSSR count). The van der Waals surface area contributed by atoms with Crippen LogP contribution in [0.4, 0.5) is 5.82 Å². The first-order chi connectivity index (χ1) is 12.3. The molecule has 5 nitrogen and oxygen atoms in total. The lowest BCUT2D eigenvalue weighted by molar-refractivity contribution is 0.0948. The molecule has 0 unspecified atom stereocenters. The molecule has 1 fully saturated rings. The highest BCUT2D eigenvalue weighted by Gasteiger charge is 2.21. The predicted octanol–water partition coefficient (Wildman–Crippen LogP) is 3.08. The van der Waals surface area contributed by atoms with Crippen molar-refractivity contribution in [3.63, 3.8) is 0 Å². The van der Waals surface area contributed by atoms with E-state index >= 15 is 0 Å². The lowest BCUT2D eigenvalue weighted by Gasteiger charge is -2.32. The Balaban J connectivity index is 1.51. The third kappa shape index (κ3) is 4.78. The van der Waals surface area contributed by atoms with Gasteiger partial charge in [-0.15, -0.1) is 0 Å². The van der Waals surface area contributed by atoms with Gasteiger partial charge in [0.2, 0.25) is 0 Å². The van der Waals surface area contributed by atoms with E-state index in [-0.39, 0.29) is 5.91 Å². The quantitative estimate of drug-likeness (QED) is 0.879. The number of carbonyl (C=O) groups is 1. The van der Waals surface area contributed by atoms with Crippen LogP contribution < -0.4 is 10.2 Å². The summed E-state index contributed by atoms with van der Waals surface area (Å²) in [5.41, 5.74) is 1.80. The molecule has 0 bridgehead atoms. The van der Waals surface area contributed by atoms with Crippen LogP contribution in [0, 0.1) is 5.92 Å². The Kier molecular flexibility index (Phi) is 5.99. The number of nitrogens with one attached hydrogen (secondary N) is 1. The Labute approximate surface area is 149 Å². The van der Waals surface area contributed by atoms with E-state index < -0.39 is 0 Å². The van der Waals surface area contributed by atoms with Crippen LogP contribution in [0.1, 0.15) is 42.2 Å². The molecule has 2 heterocycles. The van der Waals surface area contributed by atoms with Crippen molar-refractivity contribution in [3.05, 3.63) is 54.0 Å². The number of benzene rings is 1. The lowest BCUT2D eigenvalue weighted by Crippen LogP contribution is -2.35. The summed E-state index contributed by atoms with van der Waals surface area (Å²) in [6.45, 7) is 4.68. The Hall–Kier alpha value is -2.43. The first-order valence-corrected chi connectivity index (χ1v) is 9.15. The average molecular weight is 338 g/mol. The molecule has 0 aliphatic carbocycles. The number of nitrogens with zero attached hydrogens (tertiary/aromatic N) is 3. The predicted molar refractivity (Wildman–Crippen MR) is 99.7 cm³/mol. The van der Waals surface area contributed by atoms with Gasteiger partial charge in [-0.2, -0.15) is 0 Å². The maximum atomic E-state index is 11.9. The Bertz CT molecular complexity index is 664.